The van der Waals surface area contributed by atoms with Crippen LogP contribution in [0.3, 0.4) is 0 Å². The summed E-state index contributed by atoms with van der Waals surface area (Å²) in [5, 5.41) is 39.3. The lowest BCUT2D eigenvalue weighted by atomic mass is 9.78. The molecule has 0 aromatic carbocycles. The molecule has 118 valence electrons. The molecular formula is C13H26N2O5. The zero-order valence-electron chi connectivity index (χ0n) is 11.9. The number of aliphatic hydroxyl groups excluding tert-OH is 3. The van der Waals surface area contributed by atoms with Gasteiger partial charge in [0.05, 0.1) is 19.3 Å². The molecule has 1 aliphatic carbocycles. The molecule has 0 aromatic rings. The molecule has 7 heteroatoms. The molecule has 1 saturated carbocycles. The van der Waals surface area contributed by atoms with E-state index < -0.39 is 11.6 Å². The molecule has 1 unspecified atom stereocenters. The first kappa shape index (κ1) is 17.3. The van der Waals surface area contributed by atoms with Crippen LogP contribution >= 0.6 is 0 Å². The summed E-state index contributed by atoms with van der Waals surface area (Å²) in [7, 11) is 0. The maximum atomic E-state index is 11.3. The Morgan fingerprint density at radius 2 is 1.70 bits per heavy atom. The van der Waals surface area contributed by atoms with Crippen LogP contribution in [0.15, 0.2) is 0 Å². The third-order valence-electron chi connectivity index (χ3n) is 4.09. The highest BCUT2D eigenvalue weighted by molar-refractivity contribution is 4.86. The van der Waals surface area contributed by atoms with Crippen LogP contribution in [0.5, 0.6) is 0 Å². The smallest absolute Gasteiger partial charge is 0.224 e. The molecule has 0 aromatic heterocycles. The fourth-order valence-corrected chi connectivity index (χ4v) is 3.05. The number of hydrogen-bond donors (Lipinski definition) is 3. The van der Waals surface area contributed by atoms with Gasteiger partial charge in [-0.05, 0) is 12.8 Å². The molecule has 0 spiro atoms. The SMILES string of the molecule is O=[N+]([O-])C1(CC(O)CN(CCO)CCO)CCCCC1. The van der Waals surface area contributed by atoms with Gasteiger partial charge >= 0.3 is 0 Å². The highest BCUT2D eigenvalue weighted by Gasteiger charge is 2.45. The van der Waals surface area contributed by atoms with Gasteiger partial charge < -0.3 is 15.3 Å². The summed E-state index contributed by atoms with van der Waals surface area (Å²) in [5.41, 5.74) is -0.998. The Hall–Kier alpha value is -0.760. The Morgan fingerprint density at radius 3 is 2.15 bits per heavy atom. The van der Waals surface area contributed by atoms with Crippen molar-refractivity contribution in [1.82, 2.24) is 4.90 Å². The third-order valence-corrected chi connectivity index (χ3v) is 4.09. The Kier molecular flexibility index (Phi) is 7.36. The minimum absolute atomic E-state index is 0.0624. The molecule has 3 N–H and O–H groups in total. The van der Waals surface area contributed by atoms with E-state index in [0.29, 0.717) is 25.9 Å². The van der Waals surface area contributed by atoms with E-state index in [0.717, 1.165) is 19.3 Å². The molecule has 1 atom stereocenters. The van der Waals surface area contributed by atoms with Gasteiger partial charge in [-0.2, -0.15) is 0 Å². The second-order valence-corrected chi connectivity index (χ2v) is 5.65. The number of hydrogen-bond acceptors (Lipinski definition) is 6. The van der Waals surface area contributed by atoms with Crippen molar-refractivity contribution in [3.8, 4) is 0 Å². The van der Waals surface area contributed by atoms with Crippen LogP contribution in [0.4, 0.5) is 0 Å². The van der Waals surface area contributed by atoms with Crippen molar-refractivity contribution in [3.05, 3.63) is 10.1 Å². The Morgan fingerprint density at radius 1 is 1.15 bits per heavy atom. The molecule has 0 aliphatic heterocycles. The summed E-state index contributed by atoms with van der Waals surface area (Å²) in [6.45, 7) is 0.822. The van der Waals surface area contributed by atoms with E-state index in [4.69, 9.17) is 10.2 Å². The Bertz CT molecular complexity index is 288. The molecule has 0 radical (unpaired) electrons. The van der Waals surface area contributed by atoms with Crippen LogP contribution in [0.25, 0.3) is 0 Å². The number of aliphatic hydroxyl groups is 3. The summed E-state index contributed by atoms with van der Waals surface area (Å²) >= 11 is 0. The largest absolute Gasteiger partial charge is 0.395 e. The predicted molar refractivity (Wildman–Crippen MR) is 74.0 cm³/mol. The maximum absolute atomic E-state index is 11.3. The van der Waals surface area contributed by atoms with Gasteiger partial charge in [-0.1, -0.05) is 6.42 Å². The van der Waals surface area contributed by atoms with Crippen molar-refractivity contribution in [1.29, 1.82) is 0 Å². The first-order valence-electron chi connectivity index (χ1n) is 7.31. The van der Waals surface area contributed by atoms with Gasteiger partial charge in [0.2, 0.25) is 5.54 Å². The summed E-state index contributed by atoms with van der Waals surface area (Å²) in [6.07, 6.45) is 3.08. The summed E-state index contributed by atoms with van der Waals surface area (Å²) in [4.78, 5) is 12.8. The van der Waals surface area contributed by atoms with E-state index in [9.17, 15) is 15.2 Å². The van der Waals surface area contributed by atoms with Crippen LogP contribution < -0.4 is 0 Å². The average Bonchev–Trinajstić information content (AvgIpc) is 2.40. The van der Waals surface area contributed by atoms with Gasteiger partial charge in [0.25, 0.3) is 0 Å². The summed E-state index contributed by atoms with van der Waals surface area (Å²) in [5.74, 6) is 0. The lowest BCUT2D eigenvalue weighted by molar-refractivity contribution is -0.578. The van der Waals surface area contributed by atoms with Crippen molar-refractivity contribution >= 4 is 0 Å². The van der Waals surface area contributed by atoms with Crippen LogP contribution in [0.2, 0.25) is 0 Å². The summed E-state index contributed by atoms with van der Waals surface area (Å²) in [6, 6.07) is 0. The number of nitrogens with zero attached hydrogens (tertiary/aromatic N) is 2. The lowest BCUT2D eigenvalue weighted by Gasteiger charge is -2.32. The highest BCUT2D eigenvalue weighted by atomic mass is 16.6. The zero-order chi connectivity index (χ0) is 15.0. The van der Waals surface area contributed by atoms with Crippen molar-refractivity contribution in [2.75, 3.05) is 32.8 Å². The van der Waals surface area contributed by atoms with Crippen molar-refractivity contribution in [3.63, 3.8) is 0 Å². The minimum atomic E-state index is -0.998. The highest BCUT2D eigenvalue weighted by Crippen LogP contribution is 2.34. The van der Waals surface area contributed by atoms with E-state index in [1.165, 1.54) is 0 Å². The topological polar surface area (TPSA) is 107 Å². The molecule has 0 amide bonds. The van der Waals surface area contributed by atoms with E-state index >= 15 is 0 Å². The van der Waals surface area contributed by atoms with Gasteiger partial charge in [0.1, 0.15) is 0 Å². The molecule has 1 rings (SSSR count). The van der Waals surface area contributed by atoms with E-state index in [2.05, 4.69) is 0 Å². The molecular weight excluding hydrogens is 264 g/mol. The molecule has 0 bridgehead atoms. The first-order chi connectivity index (χ1) is 9.54. The van der Waals surface area contributed by atoms with Crippen molar-refractivity contribution in [2.45, 2.75) is 50.2 Å². The Balaban J connectivity index is 2.56. The molecule has 20 heavy (non-hydrogen) atoms. The third kappa shape index (κ3) is 4.97. The van der Waals surface area contributed by atoms with Gasteiger partial charge in [-0.25, -0.2) is 0 Å². The minimum Gasteiger partial charge on any atom is -0.395 e. The molecule has 7 nitrogen and oxygen atoms in total. The quantitative estimate of drug-likeness (QED) is 0.408. The predicted octanol–water partition coefficient (Wildman–Crippen LogP) is 0.00360. The van der Waals surface area contributed by atoms with Gasteiger partial charge in [-0.3, -0.25) is 15.0 Å². The van der Waals surface area contributed by atoms with Crippen LogP contribution in [-0.2, 0) is 0 Å². The van der Waals surface area contributed by atoms with Gasteiger partial charge in [-0.15, -0.1) is 0 Å². The zero-order valence-corrected chi connectivity index (χ0v) is 11.9. The fraction of sp³-hybridized carbons (Fsp3) is 1.00. The first-order valence-corrected chi connectivity index (χ1v) is 7.31. The molecule has 1 fully saturated rings. The van der Waals surface area contributed by atoms with Crippen molar-refractivity contribution in [2.24, 2.45) is 0 Å². The van der Waals surface area contributed by atoms with Gasteiger partial charge in [0.15, 0.2) is 0 Å². The number of nitro groups is 1. The summed E-state index contributed by atoms with van der Waals surface area (Å²) < 4.78 is 0. The second-order valence-electron chi connectivity index (χ2n) is 5.65. The Labute approximate surface area is 119 Å². The lowest BCUT2D eigenvalue weighted by Crippen LogP contribution is -2.46. The fourth-order valence-electron chi connectivity index (χ4n) is 3.05. The number of rotatable bonds is 9. The van der Waals surface area contributed by atoms with E-state index in [-0.39, 0.29) is 31.1 Å². The average molecular weight is 290 g/mol. The van der Waals surface area contributed by atoms with Crippen molar-refractivity contribution < 1.29 is 20.2 Å². The molecule has 0 saturated heterocycles. The molecule has 0 heterocycles. The second kappa shape index (κ2) is 8.51. The monoisotopic (exact) mass is 290 g/mol. The van der Waals surface area contributed by atoms with Crippen LogP contribution in [0, 0.1) is 10.1 Å². The van der Waals surface area contributed by atoms with Crippen LogP contribution in [-0.4, -0.2) is 69.6 Å². The maximum Gasteiger partial charge on any atom is 0.224 e. The standard InChI is InChI=1S/C13H26N2O5/c16-8-6-14(7-9-17)11-12(18)10-13(15(19)20)4-2-1-3-5-13/h12,16-18H,1-11H2. The van der Waals surface area contributed by atoms with E-state index in [1.54, 1.807) is 4.90 Å². The normalized spacial score (nSPS) is 20.0. The van der Waals surface area contributed by atoms with Gasteiger partial charge in [0, 0.05) is 43.8 Å². The molecule has 1 aliphatic rings. The van der Waals surface area contributed by atoms with Crippen LogP contribution in [0.1, 0.15) is 38.5 Å². The van der Waals surface area contributed by atoms with E-state index in [1.807, 2.05) is 0 Å².